The number of hydrogen-bond donors (Lipinski definition) is 1. The first kappa shape index (κ1) is 9.70. The maximum atomic E-state index is 12.2. The summed E-state index contributed by atoms with van der Waals surface area (Å²) in [6.45, 7) is 0.524. The number of fused-ring (bicyclic) bond motifs is 1. The Balaban J connectivity index is 1.95. The second-order valence-electron chi connectivity index (χ2n) is 4.73. The molecule has 1 aromatic rings. The van der Waals surface area contributed by atoms with Gasteiger partial charge >= 0.3 is 0 Å². The third-order valence-electron chi connectivity index (χ3n) is 3.68. The number of amides is 1. The highest BCUT2D eigenvalue weighted by atomic mass is 16.5. The quantitative estimate of drug-likeness (QED) is 0.725. The predicted octanol–water partition coefficient (Wildman–Crippen LogP) is 2.58. The summed E-state index contributed by atoms with van der Waals surface area (Å²) in [5.74, 6) is 0.926. The Morgan fingerprint density at radius 3 is 2.75 bits per heavy atom. The number of ether oxygens (including phenoxy) is 1. The molecule has 1 fully saturated rings. The molecule has 3 nitrogen and oxygen atoms in total. The molecule has 0 unspecified atom stereocenters. The fraction of sp³-hybridized carbons (Fsp3) is 0.462. The number of rotatable bonds is 0. The zero-order chi connectivity index (χ0) is 11.0. The second kappa shape index (κ2) is 3.51. The molecule has 2 aliphatic rings. The van der Waals surface area contributed by atoms with Crippen LogP contribution in [0.4, 0.5) is 5.69 Å². The van der Waals surface area contributed by atoms with Crippen molar-refractivity contribution in [3.05, 3.63) is 24.3 Å². The minimum absolute atomic E-state index is 0.134. The zero-order valence-electron chi connectivity index (χ0n) is 9.16. The molecule has 3 heteroatoms. The Morgan fingerprint density at radius 1 is 1.19 bits per heavy atom. The molecule has 1 aliphatic carbocycles. The van der Waals surface area contributed by atoms with E-state index in [1.165, 1.54) is 0 Å². The SMILES string of the molecule is O=C1Nc2ccccc2OCC12CCCC2. The number of carbonyl (C=O) groups is 1. The van der Waals surface area contributed by atoms with E-state index >= 15 is 0 Å². The summed E-state index contributed by atoms with van der Waals surface area (Å²) in [6.07, 6.45) is 4.17. The second-order valence-corrected chi connectivity index (χ2v) is 4.73. The summed E-state index contributed by atoms with van der Waals surface area (Å²) >= 11 is 0. The maximum Gasteiger partial charge on any atom is 0.234 e. The first-order valence-corrected chi connectivity index (χ1v) is 5.83. The molecule has 1 saturated carbocycles. The van der Waals surface area contributed by atoms with Gasteiger partial charge in [-0.05, 0) is 25.0 Å². The highest BCUT2D eigenvalue weighted by molar-refractivity contribution is 5.97. The molecular formula is C13H15NO2. The molecule has 0 atom stereocenters. The molecular weight excluding hydrogens is 202 g/mol. The number of anilines is 1. The van der Waals surface area contributed by atoms with Crippen molar-refractivity contribution in [2.24, 2.45) is 5.41 Å². The normalized spacial score (nSPS) is 22.1. The molecule has 0 saturated heterocycles. The van der Waals surface area contributed by atoms with Crippen LogP contribution in [0.1, 0.15) is 25.7 Å². The van der Waals surface area contributed by atoms with Crippen molar-refractivity contribution in [1.29, 1.82) is 0 Å². The molecule has 16 heavy (non-hydrogen) atoms. The van der Waals surface area contributed by atoms with Gasteiger partial charge in [0.25, 0.3) is 0 Å². The Hall–Kier alpha value is -1.51. The molecule has 0 bridgehead atoms. The fourth-order valence-electron chi connectivity index (χ4n) is 2.66. The first-order chi connectivity index (χ1) is 7.80. The monoisotopic (exact) mass is 217 g/mol. The summed E-state index contributed by atoms with van der Waals surface area (Å²) in [5.41, 5.74) is 0.523. The van der Waals surface area contributed by atoms with Crippen molar-refractivity contribution in [3.8, 4) is 5.75 Å². The van der Waals surface area contributed by atoms with Crippen LogP contribution in [-0.2, 0) is 4.79 Å². The van der Waals surface area contributed by atoms with Crippen LogP contribution in [0.3, 0.4) is 0 Å². The molecule has 1 N–H and O–H groups in total. The van der Waals surface area contributed by atoms with Crippen LogP contribution in [0.25, 0.3) is 0 Å². The highest BCUT2D eigenvalue weighted by Crippen LogP contribution is 2.42. The van der Waals surface area contributed by atoms with Crippen molar-refractivity contribution < 1.29 is 9.53 Å². The number of benzene rings is 1. The van der Waals surface area contributed by atoms with E-state index in [-0.39, 0.29) is 11.3 Å². The number of nitrogens with one attached hydrogen (secondary N) is 1. The van der Waals surface area contributed by atoms with E-state index in [0.29, 0.717) is 6.61 Å². The number of para-hydroxylation sites is 2. The fourth-order valence-corrected chi connectivity index (χ4v) is 2.66. The van der Waals surface area contributed by atoms with Crippen LogP contribution < -0.4 is 10.1 Å². The van der Waals surface area contributed by atoms with Gasteiger partial charge in [-0.2, -0.15) is 0 Å². The number of hydrogen-bond acceptors (Lipinski definition) is 2. The molecule has 1 aliphatic heterocycles. The third kappa shape index (κ3) is 1.39. The highest BCUT2D eigenvalue weighted by Gasteiger charge is 2.43. The Labute approximate surface area is 94.8 Å². The van der Waals surface area contributed by atoms with E-state index in [4.69, 9.17) is 4.74 Å². The smallest absolute Gasteiger partial charge is 0.234 e. The Kier molecular flexibility index (Phi) is 2.13. The predicted molar refractivity (Wildman–Crippen MR) is 61.5 cm³/mol. The minimum atomic E-state index is -0.279. The zero-order valence-corrected chi connectivity index (χ0v) is 9.16. The van der Waals surface area contributed by atoms with E-state index in [2.05, 4.69) is 5.32 Å². The van der Waals surface area contributed by atoms with Crippen molar-refractivity contribution in [1.82, 2.24) is 0 Å². The first-order valence-electron chi connectivity index (χ1n) is 5.83. The lowest BCUT2D eigenvalue weighted by Crippen LogP contribution is -2.37. The summed E-state index contributed by atoms with van der Waals surface area (Å²) in [6, 6.07) is 7.64. The maximum absolute atomic E-state index is 12.2. The van der Waals surface area contributed by atoms with Crippen LogP contribution in [0.15, 0.2) is 24.3 Å². The van der Waals surface area contributed by atoms with E-state index < -0.39 is 0 Å². The van der Waals surface area contributed by atoms with Crippen LogP contribution in [-0.4, -0.2) is 12.5 Å². The molecule has 1 aromatic carbocycles. The van der Waals surface area contributed by atoms with E-state index in [1.54, 1.807) is 0 Å². The van der Waals surface area contributed by atoms with Crippen molar-refractivity contribution in [2.75, 3.05) is 11.9 Å². The van der Waals surface area contributed by atoms with E-state index in [9.17, 15) is 4.79 Å². The van der Waals surface area contributed by atoms with Gasteiger partial charge in [-0.15, -0.1) is 0 Å². The van der Waals surface area contributed by atoms with Gasteiger partial charge < -0.3 is 10.1 Å². The van der Waals surface area contributed by atoms with E-state index in [0.717, 1.165) is 37.1 Å². The summed E-state index contributed by atoms with van der Waals surface area (Å²) in [7, 11) is 0. The van der Waals surface area contributed by atoms with E-state index in [1.807, 2.05) is 24.3 Å². The molecule has 1 amide bonds. The van der Waals surface area contributed by atoms with Gasteiger partial charge in [0, 0.05) is 0 Å². The summed E-state index contributed by atoms with van der Waals surface area (Å²) in [4.78, 5) is 12.2. The molecule has 0 aromatic heterocycles. The topological polar surface area (TPSA) is 38.3 Å². The largest absolute Gasteiger partial charge is 0.490 e. The van der Waals surface area contributed by atoms with Gasteiger partial charge in [0.2, 0.25) is 5.91 Å². The van der Waals surface area contributed by atoms with Gasteiger partial charge in [-0.1, -0.05) is 25.0 Å². The van der Waals surface area contributed by atoms with Crippen molar-refractivity contribution in [2.45, 2.75) is 25.7 Å². The van der Waals surface area contributed by atoms with Gasteiger partial charge in [-0.25, -0.2) is 0 Å². The molecule has 1 heterocycles. The molecule has 84 valence electrons. The van der Waals surface area contributed by atoms with Crippen LogP contribution >= 0.6 is 0 Å². The molecule has 1 spiro atoms. The van der Waals surface area contributed by atoms with Gasteiger partial charge in [0.05, 0.1) is 11.1 Å². The lowest BCUT2D eigenvalue weighted by atomic mass is 9.86. The van der Waals surface area contributed by atoms with Gasteiger partial charge in [0.1, 0.15) is 12.4 Å². The van der Waals surface area contributed by atoms with Gasteiger partial charge in [0.15, 0.2) is 0 Å². The Bertz CT molecular complexity index is 422. The molecule has 0 radical (unpaired) electrons. The van der Waals surface area contributed by atoms with Crippen molar-refractivity contribution in [3.63, 3.8) is 0 Å². The summed E-state index contributed by atoms with van der Waals surface area (Å²) < 4.78 is 5.77. The molecule has 3 rings (SSSR count). The van der Waals surface area contributed by atoms with Crippen LogP contribution in [0.5, 0.6) is 5.75 Å². The lowest BCUT2D eigenvalue weighted by molar-refractivity contribution is -0.126. The van der Waals surface area contributed by atoms with Crippen molar-refractivity contribution >= 4 is 11.6 Å². The average molecular weight is 217 g/mol. The van der Waals surface area contributed by atoms with Crippen LogP contribution in [0, 0.1) is 5.41 Å². The lowest BCUT2D eigenvalue weighted by Gasteiger charge is -2.23. The minimum Gasteiger partial charge on any atom is -0.490 e. The van der Waals surface area contributed by atoms with Crippen LogP contribution in [0.2, 0.25) is 0 Å². The number of carbonyl (C=O) groups excluding carboxylic acids is 1. The summed E-state index contributed by atoms with van der Waals surface area (Å²) in [5, 5.41) is 2.99. The standard InChI is InChI=1S/C13H15NO2/c15-12-13(7-3-4-8-13)9-16-11-6-2-1-5-10(11)14-12/h1-2,5-6H,3-4,7-9H2,(H,14,15). The van der Waals surface area contributed by atoms with Gasteiger partial charge in [-0.3, -0.25) is 4.79 Å². The average Bonchev–Trinajstić information content (AvgIpc) is 2.72. The Morgan fingerprint density at radius 2 is 1.94 bits per heavy atom. The third-order valence-corrected chi connectivity index (χ3v) is 3.68.